The molecule has 0 fully saturated rings. The molecule has 2 aliphatic carbocycles. The van der Waals surface area contributed by atoms with E-state index in [1.807, 2.05) is 7.11 Å². The van der Waals surface area contributed by atoms with E-state index in [0.717, 1.165) is 12.8 Å². The van der Waals surface area contributed by atoms with Gasteiger partial charge in [-0.25, -0.2) is 0 Å². The average Bonchev–Trinajstić information content (AvgIpc) is 2.84. The first-order valence-corrected chi connectivity index (χ1v) is 8.17. The third-order valence-corrected chi connectivity index (χ3v) is 6.23. The van der Waals surface area contributed by atoms with Crippen molar-refractivity contribution in [2.24, 2.45) is 0 Å². The Hall–Kier alpha value is -0.197. The van der Waals surface area contributed by atoms with Crippen LogP contribution in [-0.2, 0) is 26.5 Å². The van der Waals surface area contributed by atoms with Gasteiger partial charge >= 0.3 is 111 Å². The summed E-state index contributed by atoms with van der Waals surface area (Å²) in [5, 5.41) is 0. The van der Waals surface area contributed by atoms with Crippen LogP contribution >= 0.6 is 0 Å². The fraction of sp³-hybridized carbons (Fsp3) is 0.429. The fourth-order valence-corrected chi connectivity index (χ4v) is 5.40. The van der Waals surface area contributed by atoms with Crippen LogP contribution < -0.4 is 0 Å². The van der Waals surface area contributed by atoms with E-state index in [4.69, 9.17) is 2.81 Å². The van der Waals surface area contributed by atoms with E-state index in [-0.39, 0.29) is 0 Å². The van der Waals surface area contributed by atoms with E-state index in [0.29, 0.717) is 3.63 Å². The molecule has 2 rings (SSSR count). The predicted molar refractivity (Wildman–Crippen MR) is 63.7 cm³/mol. The van der Waals surface area contributed by atoms with Crippen LogP contribution in [0.3, 0.4) is 0 Å². The van der Waals surface area contributed by atoms with Crippen LogP contribution in [0.25, 0.3) is 0 Å². The van der Waals surface area contributed by atoms with Crippen LogP contribution in [-0.4, -0.2) is 7.11 Å². The zero-order valence-corrected chi connectivity index (χ0v) is 12.7. The molecule has 0 saturated carbocycles. The molecule has 16 heavy (non-hydrogen) atoms. The molecule has 0 aromatic carbocycles. The summed E-state index contributed by atoms with van der Waals surface area (Å²) < 4.78 is 6.22. The molecule has 0 aromatic heterocycles. The Kier molecular flexibility index (Phi) is 4.16. The first kappa shape index (κ1) is 12.3. The van der Waals surface area contributed by atoms with Gasteiger partial charge in [0.15, 0.2) is 0 Å². The van der Waals surface area contributed by atoms with Gasteiger partial charge in [-0.1, -0.05) is 0 Å². The Morgan fingerprint density at radius 1 is 1.06 bits per heavy atom. The van der Waals surface area contributed by atoms with E-state index in [1.165, 1.54) is 11.1 Å². The third-order valence-electron chi connectivity index (χ3n) is 3.36. The van der Waals surface area contributed by atoms with Crippen molar-refractivity contribution in [3.63, 3.8) is 0 Å². The molecule has 0 atom stereocenters. The average molecular weight is 294 g/mol. The molecule has 0 aromatic rings. The number of hydrogen-bond donors (Lipinski definition) is 0. The summed E-state index contributed by atoms with van der Waals surface area (Å²) in [5.74, 6) is 0. The monoisotopic (exact) mass is 292 g/mol. The van der Waals surface area contributed by atoms with Crippen LogP contribution in [0, 0.1) is 0 Å². The zero-order valence-electron chi connectivity index (χ0n) is 10.2. The molecular weight excluding hydrogens is 275 g/mol. The van der Waals surface area contributed by atoms with Gasteiger partial charge in [0.1, 0.15) is 0 Å². The maximum atomic E-state index is 5.57. The van der Waals surface area contributed by atoms with Crippen molar-refractivity contribution >= 4 is 0 Å². The van der Waals surface area contributed by atoms with Crippen molar-refractivity contribution in [2.45, 2.75) is 30.3 Å². The van der Waals surface area contributed by atoms with Gasteiger partial charge in [0.2, 0.25) is 0 Å². The molecule has 0 N–H and O–H groups in total. The van der Waals surface area contributed by atoms with E-state index in [9.17, 15) is 0 Å². The topological polar surface area (TPSA) is 9.23 Å². The molecule has 0 unspecified atom stereocenters. The summed E-state index contributed by atoms with van der Waals surface area (Å²) in [6, 6.07) is 0. The van der Waals surface area contributed by atoms with Gasteiger partial charge in [0.05, 0.1) is 0 Å². The van der Waals surface area contributed by atoms with Crippen molar-refractivity contribution in [2.75, 3.05) is 7.11 Å². The Labute approximate surface area is 110 Å². The van der Waals surface area contributed by atoms with Crippen molar-refractivity contribution < 1.29 is 26.5 Å². The van der Waals surface area contributed by atoms with Crippen LogP contribution in [0.5, 0.6) is 0 Å². The summed E-state index contributed by atoms with van der Waals surface area (Å²) in [7, 11) is 1.87. The Bertz CT molecular complexity index is 363. The summed E-state index contributed by atoms with van der Waals surface area (Å²) in [5.41, 5.74) is 6.17. The first-order chi connectivity index (χ1) is 7.74. The SMILES string of the molecule is C[O][Zr][CH](C1=C(C)C=CC1)C1=C(C)C=CC1. The minimum absolute atomic E-state index is 0.651. The Morgan fingerprint density at radius 3 is 1.88 bits per heavy atom. The van der Waals surface area contributed by atoms with Crippen LogP contribution in [0.1, 0.15) is 26.7 Å². The molecule has 84 valence electrons. The van der Waals surface area contributed by atoms with E-state index in [1.54, 1.807) is 11.1 Å². The Balaban J connectivity index is 2.25. The van der Waals surface area contributed by atoms with E-state index in [2.05, 4.69) is 38.2 Å². The summed E-state index contributed by atoms with van der Waals surface area (Å²) in [6.07, 6.45) is 11.4. The minimum atomic E-state index is -0.772. The molecule has 0 radical (unpaired) electrons. The molecule has 0 amide bonds. The van der Waals surface area contributed by atoms with Gasteiger partial charge in [-0.15, -0.1) is 0 Å². The van der Waals surface area contributed by atoms with Crippen molar-refractivity contribution in [3.8, 4) is 0 Å². The fourth-order valence-electron chi connectivity index (χ4n) is 2.42. The van der Waals surface area contributed by atoms with Gasteiger partial charge in [0, 0.05) is 0 Å². The van der Waals surface area contributed by atoms with Crippen molar-refractivity contribution in [1.82, 2.24) is 0 Å². The Morgan fingerprint density at radius 2 is 1.56 bits per heavy atom. The predicted octanol–water partition coefficient (Wildman–Crippen LogP) is 3.97. The zero-order chi connectivity index (χ0) is 11.5. The molecule has 0 heterocycles. The number of hydrogen-bond acceptors (Lipinski definition) is 1. The molecule has 1 nitrogen and oxygen atoms in total. The van der Waals surface area contributed by atoms with Gasteiger partial charge in [-0.05, 0) is 0 Å². The molecule has 0 spiro atoms. The summed E-state index contributed by atoms with van der Waals surface area (Å²) >= 11 is -0.772. The van der Waals surface area contributed by atoms with Crippen LogP contribution in [0.15, 0.2) is 46.6 Å². The molecular formula is C14H18OZr. The number of allylic oxidation sites excluding steroid dienone is 8. The molecule has 2 heteroatoms. The normalized spacial score (nSPS) is 19.5. The summed E-state index contributed by atoms with van der Waals surface area (Å²) in [6.45, 7) is 4.47. The first-order valence-electron chi connectivity index (χ1n) is 5.75. The van der Waals surface area contributed by atoms with Gasteiger partial charge in [0.25, 0.3) is 0 Å². The van der Waals surface area contributed by atoms with Crippen LogP contribution in [0.2, 0.25) is 3.63 Å². The molecule has 0 bridgehead atoms. The molecule has 2 aliphatic rings. The van der Waals surface area contributed by atoms with Crippen molar-refractivity contribution in [1.29, 1.82) is 0 Å². The second-order valence-corrected chi connectivity index (χ2v) is 7.39. The van der Waals surface area contributed by atoms with Crippen molar-refractivity contribution in [3.05, 3.63) is 46.6 Å². The van der Waals surface area contributed by atoms with E-state index < -0.39 is 23.7 Å². The van der Waals surface area contributed by atoms with Gasteiger partial charge < -0.3 is 0 Å². The van der Waals surface area contributed by atoms with Gasteiger partial charge in [-0.2, -0.15) is 0 Å². The quantitative estimate of drug-likeness (QED) is 0.762. The van der Waals surface area contributed by atoms with Crippen LogP contribution in [0.4, 0.5) is 0 Å². The summed E-state index contributed by atoms with van der Waals surface area (Å²) in [4.78, 5) is 0. The van der Waals surface area contributed by atoms with Gasteiger partial charge in [-0.3, -0.25) is 0 Å². The third kappa shape index (κ3) is 2.38. The second-order valence-electron chi connectivity index (χ2n) is 4.38. The molecule has 0 saturated heterocycles. The maximum absolute atomic E-state index is 5.57. The second kappa shape index (κ2) is 5.42. The molecule has 0 aliphatic heterocycles. The standard InChI is InChI=1S/C13H15.CH3O.Zr/c1-10-5-3-7-12(10)9-13-8-4-6-11(13)2;1-2;/h3-6,9H,7-8H2,1-2H3;1H3;/q;-1;+1. The number of rotatable bonds is 4. The van der Waals surface area contributed by atoms with E-state index >= 15 is 0 Å².